The maximum Gasteiger partial charge on any atom is 0.123 e. The lowest BCUT2D eigenvalue weighted by Crippen LogP contribution is -1.94. The van der Waals surface area contributed by atoms with E-state index < -0.39 is 0 Å². The lowest BCUT2D eigenvalue weighted by Gasteiger charge is -2.00. The summed E-state index contributed by atoms with van der Waals surface area (Å²) in [6, 6.07) is 16.2. The molecule has 0 bridgehead atoms. The van der Waals surface area contributed by atoms with Gasteiger partial charge in [-0.1, -0.05) is 18.2 Å². The van der Waals surface area contributed by atoms with Crippen LogP contribution in [0.5, 0.6) is 0 Å². The molecule has 0 atom stereocenters. The number of hydrogen-bond acceptors (Lipinski definition) is 2. The molecule has 0 aliphatic carbocycles. The fourth-order valence-electron chi connectivity index (χ4n) is 2.17. The highest BCUT2D eigenvalue weighted by Gasteiger charge is 2.10. The van der Waals surface area contributed by atoms with Crippen LogP contribution in [0.3, 0.4) is 0 Å². The summed E-state index contributed by atoms with van der Waals surface area (Å²) in [6.07, 6.45) is 3.67. The zero-order valence-corrected chi connectivity index (χ0v) is 11.6. The van der Waals surface area contributed by atoms with Gasteiger partial charge in [-0.15, -0.1) is 0 Å². The molecule has 0 aliphatic heterocycles. The van der Waals surface area contributed by atoms with Crippen molar-refractivity contribution in [3.8, 4) is 16.9 Å². The molecule has 3 aromatic rings. The van der Waals surface area contributed by atoms with E-state index in [9.17, 15) is 4.39 Å². The lowest BCUT2D eigenvalue weighted by atomic mass is 10.1. The van der Waals surface area contributed by atoms with Gasteiger partial charge in [-0.3, -0.25) is 4.99 Å². The SMILES string of the molecule is CN=Cc1cn(-c2ccccc2)nc1-c1ccc(F)cc1. The third-order valence-electron chi connectivity index (χ3n) is 3.15. The van der Waals surface area contributed by atoms with Crippen molar-refractivity contribution < 1.29 is 4.39 Å². The van der Waals surface area contributed by atoms with Crippen molar-refractivity contribution in [2.24, 2.45) is 4.99 Å². The van der Waals surface area contributed by atoms with Crippen molar-refractivity contribution in [3.05, 3.63) is 72.2 Å². The minimum absolute atomic E-state index is 0.257. The molecule has 0 saturated carbocycles. The largest absolute Gasteiger partial charge is 0.296 e. The molecule has 4 heteroatoms. The second-order valence-corrected chi connectivity index (χ2v) is 4.61. The van der Waals surface area contributed by atoms with Crippen molar-refractivity contribution in [1.82, 2.24) is 9.78 Å². The Morgan fingerprint density at radius 1 is 1.05 bits per heavy atom. The number of para-hydroxylation sites is 1. The Labute approximate surface area is 122 Å². The van der Waals surface area contributed by atoms with E-state index in [1.807, 2.05) is 36.5 Å². The Morgan fingerprint density at radius 3 is 2.43 bits per heavy atom. The molecule has 1 aromatic heterocycles. The number of benzene rings is 2. The minimum Gasteiger partial charge on any atom is -0.296 e. The Balaban J connectivity index is 2.11. The molecule has 0 aliphatic rings. The van der Waals surface area contributed by atoms with Crippen molar-refractivity contribution in [1.29, 1.82) is 0 Å². The van der Waals surface area contributed by atoms with Gasteiger partial charge >= 0.3 is 0 Å². The Hall–Kier alpha value is -2.75. The Kier molecular flexibility index (Phi) is 3.60. The van der Waals surface area contributed by atoms with E-state index in [-0.39, 0.29) is 5.82 Å². The average Bonchev–Trinajstić information content (AvgIpc) is 2.93. The molecule has 0 radical (unpaired) electrons. The van der Waals surface area contributed by atoms with Crippen molar-refractivity contribution >= 4 is 6.21 Å². The van der Waals surface area contributed by atoms with Gasteiger partial charge in [0.25, 0.3) is 0 Å². The van der Waals surface area contributed by atoms with Gasteiger partial charge in [0.1, 0.15) is 11.5 Å². The van der Waals surface area contributed by atoms with Crippen LogP contribution < -0.4 is 0 Å². The average molecular weight is 279 g/mol. The lowest BCUT2D eigenvalue weighted by molar-refractivity contribution is 0.628. The van der Waals surface area contributed by atoms with Crippen LogP contribution in [-0.4, -0.2) is 23.0 Å². The van der Waals surface area contributed by atoms with Crippen LogP contribution in [0, 0.1) is 5.82 Å². The van der Waals surface area contributed by atoms with E-state index >= 15 is 0 Å². The van der Waals surface area contributed by atoms with Crippen LogP contribution in [0.15, 0.2) is 65.8 Å². The highest BCUT2D eigenvalue weighted by molar-refractivity contribution is 5.88. The number of rotatable bonds is 3. The number of halogens is 1. The van der Waals surface area contributed by atoms with E-state index in [1.165, 1.54) is 12.1 Å². The molecule has 0 unspecified atom stereocenters. The molecule has 104 valence electrons. The van der Waals surface area contributed by atoms with Gasteiger partial charge < -0.3 is 0 Å². The number of aromatic nitrogens is 2. The topological polar surface area (TPSA) is 30.2 Å². The standard InChI is InChI=1S/C17H14FN3/c1-19-11-14-12-21(16-5-3-2-4-6-16)20-17(14)13-7-9-15(18)10-8-13/h2-12H,1H3. The molecule has 3 rings (SSSR count). The molecular formula is C17H14FN3. The van der Waals surface area contributed by atoms with Gasteiger partial charge in [0, 0.05) is 30.6 Å². The quantitative estimate of drug-likeness (QED) is 0.672. The van der Waals surface area contributed by atoms with E-state index in [1.54, 1.807) is 30.1 Å². The number of hydrogen-bond donors (Lipinski definition) is 0. The van der Waals surface area contributed by atoms with Crippen LogP contribution in [-0.2, 0) is 0 Å². The van der Waals surface area contributed by atoms with Gasteiger partial charge in [-0.25, -0.2) is 9.07 Å². The molecule has 0 N–H and O–H groups in total. The molecule has 21 heavy (non-hydrogen) atoms. The smallest absolute Gasteiger partial charge is 0.123 e. The van der Waals surface area contributed by atoms with Gasteiger partial charge in [0.05, 0.1) is 5.69 Å². The van der Waals surface area contributed by atoms with Crippen molar-refractivity contribution in [3.63, 3.8) is 0 Å². The molecule has 0 amide bonds. The summed E-state index contributed by atoms with van der Waals surface area (Å²) in [6.45, 7) is 0. The number of nitrogens with zero attached hydrogens (tertiary/aromatic N) is 3. The molecule has 3 nitrogen and oxygen atoms in total. The molecular weight excluding hydrogens is 265 g/mol. The van der Waals surface area contributed by atoms with Crippen molar-refractivity contribution in [2.75, 3.05) is 7.05 Å². The van der Waals surface area contributed by atoms with E-state index in [0.717, 1.165) is 22.5 Å². The van der Waals surface area contributed by atoms with Gasteiger partial charge in [0.15, 0.2) is 0 Å². The first kappa shape index (κ1) is 13.2. The van der Waals surface area contributed by atoms with E-state index in [4.69, 9.17) is 0 Å². The molecule has 1 heterocycles. The second-order valence-electron chi connectivity index (χ2n) is 4.61. The van der Waals surface area contributed by atoms with Crippen LogP contribution in [0.2, 0.25) is 0 Å². The number of aliphatic imine (C=N–C) groups is 1. The summed E-state index contributed by atoms with van der Waals surface area (Å²) < 4.78 is 14.9. The van der Waals surface area contributed by atoms with Gasteiger partial charge in [-0.05, 0) is 36.4 Å². The second kappa shape index (κ2) is 5.71. The summed E-state index contributed by atoms with van der Waals surface area (Å²) in [5.74, 6) is -0.257. The summed E-state index contributed by atoms with van der Waals surface area (Å²) >= 11 is 0. The maximum absolute atomic E-state index is 13.1. The third-order valence-corrected chi connectivity index (χ3v) is 3.15. The van der Waals surface area contributed by atoms with Crippen molar-refractivity contribution in [2.45, 2.75) is 0 Å². The highest BCUT2D eigenvalue weighted by atomic mass is 19.1. The summed E-state index contributed by atoms with van der Waals surface area (Å²) in [5, 5.41) is 4.60. The van der Waals surface area contributed by atoms with Crippen LogP contribution in [0.4, 0.5) is 4.39 Å². The molecule has 2 aromatic carbocycles. The van der Waals surface area contributed by atoms with Crippen LogP contribution in [0.1, 0.15) is 5.56 Å². The predicted octanol–water partition coefficient (Wildman–Crippen LogP) is 3.73. The first-order valence-corrected chi connectivity index (χ1v) is 6.61. The molecule has 0 saturated heterocycles. The summed E-state index contributed by atoms with van der Waals surface area (Å²) in [7, 11) is 1.72. The fraction of sp³-hybridized carbons (Fsp3) is 0.0588. The molecule has 0 spiro atoms. The van der Waals surface area contributed by atoms with Gasteiger partial charge in [0.2, 0.25) is 0 Å². The van der Waals surface area contributed by atoms with Gasteiger partial charge in [-0.2, -0.15) is 5.10 Å². The summed E-state index contributed by atoms with van der Waals surface area (Å²) in [4.78, 5) is 4.06. The normalized spacial score (nSPS) is 11.1. The molecule has 0 fully saturated rings. The third kappa shape index (κ3) is 2.74. The minimum atomic E-state index is -0.257. The van der Waals surface area contributed by atoms with Crippen LogP contribution >= 0.6 is 0 Å². The highest BCUT2D eigenvalue weighted by Crippen LogP contribution is 2.23. The van der Waals surface area contributed by atoms with E-state index in [2.05, 4.69) is 10.1 Å². The van der Waals surface area contributed by atoms with Crippen LogP contribution in [0.25, 0.3) is 16.9 Å². The Bertz CT molecular complexity index is 758. The summed E-state index contributed by atoms with van der Waals surface area (Å²) in [5.41, 5.74) is 3.51. The first-order chi connectivity index (χ1) is 10.3. The predicted molar refractivity (Wildman–Crippen MR) is 82.5 cm³/mol. The maximum atomic E-state index is 13.1. The Morgan fingerprint density at radius 2 is 1.76 bits per heavy atom. The zero-order valence-electron chi connectivity index (χ0n) is 11.6. The zero-order chi connectivity index (χ0) is 14.7. The van der Waals surface area contributed by atoms with E-state index in [0.29, 0.717) is 0 Å². The first-order valence-electron chi connectivity index (χ1n) is 6.61. The fourth-order valence-corrected chi connectivity index (χ4v) is 2.17. The monoisotopic (exact) mass is 279 g/mol.